The van der Waals surface area contributed by atoms with Crippen LogP contribution in [0.15, 0.2) is 42.5 Å². The van der Waals surface area contributed by atoms with Crippen LogP contribution in [0.25, 0.3) is 0 Å². The molecule has 0 aromatic heterocycles. The SMILES string of the molecule is O=C(Cc1ccc(F)c(F)c1)c1ccc(Cl)cc1. The van der Waals surface area contributed by atoms with Crippen molar-refractivity contribution in [2.24, 2.45) is 0 Å². The zero-order valence-corrected chi connectivity index (χ0v) is 10.0. The summed E-state index contributed by atoms with van der Waals surface area (Å²) in [5.41, 5.74) is 0.929. The highest BCUT2D eigenvalue weighted by Gasteiger charge is 2.09. The van der Waals surface area contributed by atoms with Crippen LogP contribution < -0.4 is 0 Å². The molecule has 0 N–H and O–H groups in total. The van der Waals surface area contributed by atoms with Crippen molar-refractivity contribution in [2.75, 3.05) is 0 Å². The van der Waals surface area contributed by atoms with E-state index in [-0.39, 0.29) is 12.2 Å². The van der Waals surface area contributed by atoms with Crippen LogP contribution in [0.1, 0.15) is 15.9 Å². The molecule has 0 bridgehead atoms. The molecule has 0 heterocycles. The summed E-state index contributed by atoms with van der Waals surface area (Å²) in [6.07, 6.45) is 0.0266. The summed E-state index contributed by atoms with van der Waals surface area (Å²) in [6, 6.07) is 9.87. The number of halogens is 3. The van der Waals surface area contributed by atoms with Gasteiger partial charge < -0.3 is 0 Å². The van der Waals surface area contributed by atoms with E-state index in [1.54, 1.807) is 24.3 Å². The first-order chi connectivity index (χ1) is 8.56. The molecule has 0 fully saturated rings. The minimum Gasteiger partial charge on any atom is -0.294 e. The van der Waals surface area contributed by atoms with E-state index < -0.39 is 11.6 Å². The van der Waals surface area contributed by atoms with Crippen LogP contribution in [0.4, 0.5) is 8.78 Å². The van der Waals surface area contributed by atoms with E-state index in [4.69, 9.17) is 11.6 Å². The molecule has 0 aliphatic rings. The Balaban J connectivity index is 2.16. The molecule has 2 aromatic rings. The van der Waals surface area contributed by atoms with E-state index in [2.05, 4.69) is 0 Å². The van der Waals surface area contributed by atoms with Gasteiger partial charge in [-0.15, -0.1) is 0 Å². The molecule has 0 aliphatic carbocycles. The molecule has 0 saturated heterocycles. The predicted octanol–water partition coefficient (Wildman–Crippen LogP) is 4.04. The summed E-state index contributed by atoms with van der Waals surface area (Å²) in [7, 11) is 0. The maximum atomic E-state index is 13.0. The maximum absolute atomic E-state index is 13.0. The molecule has 1 nitrogen and oxygen atoms in total. The zero-order valence-electron chi connectivity index (χ0n) is 9.29. The van der Waals surface area contributed by atoms with Gasteiger partial charge >= 0.3 is 0 Å². The van der Waals surface area contributed by atoms with E-state index in [1.165, 1.54) is 6.07 Å². The lowest BCUT2D eigenvalue weighted by atomic mass is 10.0. The minimum absolute atomic E-state index is 0.0266. The normalized spacial score (nSPS) is 10.4. The van der Waals surface area contributed by atoms with Crippen molar-refractivity contribution < 1.29 is 13.6 Å². The third kappa shape index (κ3) is 2.93. The number of ketones is 1. The summed E-state index contributed by atoms with van der Waals surface area (Å²) in [5.74, 6) is -2.04. The summed E-state index contributed by atoms with van der Waals surface area (Å²) >= 11 is 5.71. The van der Waals surface area contributed by atoms with E-state index in [0.717, 1.165) is 12.1 Å². The minimum atomic E-state index is -0.948. The summed E-state index contributed by atoms with van der Waals surface area (Å²) in [5, 5.41) is 0.541. The van der Waals surface area contributed by atoms with Crippen LogP contribution in [-0.4, -0.2) is 5.78 Å². The topological polar surface area (TPSA) is 17.1 Å². The van der Waals surface area contributed by atoms with Gasteiger partial charge in [-0.3, -0.25) is 4.79 Å². The van der Waals surface area contributed by atoms with E-state index >= 15 is 0 Å². The number of carbonyl (C=O) groups excluding carboxylic acids is 1. The lowest BCUT2D eigenvalue weighted by Crippen LogP contribution is -2.04. The Morgan fingerprint density at radius 2 is 1.67 bits per heavy atom. The molecular formula is C14H9ClF2O. The van der Waals surface area contributed by atoms with Gasteiger partial charge in [-0.05, 0) is 42.0 Å². The van der Waals surface area contributed by atoms with Crippen LogP contribution in [0.2, 0.25) is 5.02 Å². The summed E-state index contributed by atoms with van der Waals surface area (Å²) < 4.78 is 25.7. The highest BCUT2D eigenvalue weighted by Crippen LogP contribution is 2.14. The van der Waals surface area contributed by atoms with Crippen LogP contribution >= 0.6 is 11.6 Å². The first kappa shape index (κ1) is 12.7. The standard InChI is InChI=1S/C14H9ClF2O/c15-11-4-2-10(3-5-11)14(18)8-9-1-6-12(16)13(17)7-9/h1-7H,8H2. The Bertz CT molecular complexity index is 579. The Labute approximate surface area is 108 Å². The van der Waals surface area contributed by atoms with E-state index in [0.29, 0.717) is 16.1 Å². The average molecular weight is 267 g/mol. The molecule has 18 heavy (non-hydrogen) atoms. The van der Waals surface area contributed by atoms with Gasteiger partial charge in [-0.25, -0.2) is 8.78 Å². The molecule has 0 spiro atoms. The van der Waals surface area contributed by atoms with Crippen molar-refractivity contribution in [3.63, 3.8) is 0 Å². The predicted molar refractivity (Wildman–Crippen MR) is 65.8 cm³/mol. The van der Waals surface area contributed by atoms with E-state index in [1.807, 2.05) is 0 Å². The zero-order chi connectivity index (χ0) is 13.1. The number of carbonyl (C=O) groups is 1. The number of benzene rings is 2. The van der Waals surface area contributed by atoms with Crippen LogP contribution in [0.3, 0.4) is 0 Å². The van der Waals surface area contributed by atoms with Gasteiger partial charge in [-0.2, -0.15) is 0 Å². The van der Waals surface area contributed by atoms with Gasteiger partial charge in [0.15, 0.2) is 17.4 Å². The summed E-state index contributed by atoms with van der Waals surface area (Å²) in [4.78, 5) is 11.9. The van der Waals surface area contributed by atoms with Crippen LogP contribution in [0, 0.1) is 11.6 Å². The van der Waals surface area contributed by atoms with Crippen molar-refractivity contribution in [1.82, 2.24) is 0 Å². The van der Waals surface area contributed by atoms with Gasteiger partial charge in [0, 0.05) is 17.0 Å². The molecule has 2 aromatic carbocycles. The first-order valence-corrected chi connectivity index (χ1v) is 5.67. The Kier molecular flexibility index (Phi) is 3.72. The van der Waals surface area contributed by atoms with E-state index in [9.17, 15) is 13.6 Å². The number of Topliss-reactive ketones (excluding diaryl/α,β-unsaturated/α-hetero) is 1. The van der Waals surface area contributed by atoms with Crippen molar-refractivity contribution in [3.8, 4) is 0 Å². The molecular weight excluding hydrogens is 258 g/mol. The van der Waals surface area contributed by atoms with Crippen molar-refractivity contribution in [3.05, 3.63) is 70.2 Å². The average Bonchev–Trinajstić information content (AvgIpc) is 2.34. The lowest BCUT2D eigenvalue weighted by molar-refractivity contribution is 0.0993. The van der Waals surface area contributed by atoms with Gasteiger partial charge in [0.05, 0.1) is 0 Å². The monoisotopic (exact) mass is 266 g/mol. The molecule has 0 saturated carbocycles. The van der Waals surface area contributed by atoms with Crippen molar-refractivity contribution in [2.45, 2.75) is 6.42 Å². The largest absolute Gasteiger partial charge is 0.294 e. The molecule has 0 radical (unpaired) electrons. The highest BCUT2D eigenvalue weighted by atomic mass is 35.5. The quantitative estimate of drug-likeness (QED) is 0.766. The Hall–Kier alpha value is -1.74. The fraction of sp³-hybridized carbons (Fsp3) is 0.0714. The van der Waals surface area contributed by atoms with Crippen LogP contribution in [0.5, 0.6) is 0 Å². The number of hydrogen-bond acceptors (Lipinski definition) is 1. The van der Waals surface area contributed by atoms with Gasteiger partial charge in [0.2, 0.25) is 0 Å². The molecule has 92 valence electrons. The number of rotatable bonds is 3. The van der Waals surface area contributed by atoms with Crippen molar-refractivity contribution in [1.29, 1.82) is 0 Å². The van der Waals surface area contributed by atoms with Gasteiger partial charge in [0.25, 0.3) is 0 Å². The third-order valence-corrected chi connectivity index (χ3v) is 2.77. The second-order valence-corrected chi connectivity index (χ2v) is 4.29. The Morgan fingerprint density at radius 3 is 2.28 bits per heavy atom. The highest BCUT2D eigenvalue weighted by molar-refractivity contribution is 6.30. The second kappa shape index (κ2) is 5.27. The molecule has 0 unspecified atom stereocenters. The second-order valence-electron chi connectivity index (χ2n) is 3.86. The molecule has 2 rings (SSSR count). The summed E-state index contributed by atoms with van der Waals surface area (Å²) in [6.45, 7) is 0. The smallest absolute Gasteiger partial charge is 0.167 e. The van der Waals surface area contributed by atoms with Gasteiger partial charge in [-0.1, -0.05) is 17.7 Å². The van der Waals surface area contributed by atoms with Crippen molar-refractivity contribution >= 4 is 17.4 Å². The molecule has 4 heteroatoms. The third-order valence-electron chi connectivity index (χ3n) is 2.51. The maximum Gasteiger partial charge on any atom is 0.167 e. The van der Waals surface area contributed by atoms with Crippen LogP contribution in [-0.2, 0) is 6.42 Å². The fourth-order valence-corrected chi connectivity index (χ4v) is 1.70. The lowest BCUT2D eigenvalue weighted by Gasteiger charge is -2.02. The number of hydrogen-bond donors (Lipinski definition) is 0. The fourth-order valence-electron chi connectivity index (χ4n) is 1.57. The van der Waals surface area contributed by atoms with Gasteiger partial charge in [0.1, 0.15) is 0 Å². The molecule has 0 aliphatic heterocycles. The Morgan fingerprint density at radius 1 is 1.00 bits per heavy atom. The first-order valence-electron chi connectivity index (χ1n) is 5.29. The molecule has 0 amide bonds. The molecule has 0 atom stereocenters.